The lowest BCUT2D eigenvalue weighted by molar-refractivity contribution is -0.139. The Bertz CT molecular complexity index is 1370. The highest BCUT2D eigenvalue weighted by atomic mass is 35.5. The molecular weight excluding hydrogens is 522 g/mol. The third-order valence-electron chi connectivity index (χ3n) is 6.31. The van der Waals surface area contributed by atoms with E-state index in [1.54, 1.807) is 61.5 Å². The highest BCUT2D eigenvalue weighted by molar-refractivity contribution is 7.92. The first kappa shape index (κ1) is 29.2. The van der Waals surface area contributed by atoms with E-state index in [0.717, 1.165) is 21.9 Å². The van der Waals surface area contributed by atoms with Gasteiger partial charge in [0.1, 0.15) is 12.6 Å². The van der Waals surface area contributed by atoms with Crippen LogP contribution in [-0.4, -0.2) is 43.8 Å². The predicted octanol–water partition coefficient (Wildman–Crippen LogP) is 5.18. The van der Waals surface area contributed by atoms with Crippen molar-refractivity contribution in [3.63, 3.8) is 0 Å². The first-order valence-corrected chi connectivity index (χ1v) is 14.3. The second-order valence-corrected chi connectivity index (χ2v) is 11.6. The summed E-state index contributed by atoms with van der Waals surface area (Å²) < 4.78 is 28.6. The number of benzene rings is 3. The van der Waals surface area contributed by atoms with Crippen LogP contribution in [0.3, 0.4) is 0 Å². The van der Waals surface area contributed by atoms with Crippen LogP contribution in [0, 0.1) is 6.92 Å². The van der Waals surface area contributed by atoms with Gasteiger partial charge in [-0.1, -0.05) is 61.0 Å². The summed E-state index contributed by atoms with van der Waals surface area (Å²) in [6.07, 6.45) is 0.733. The zero-order chi connectivity index (χ0) is 27.9. The molecule has 0 aliphatic heterocycles. The van der Waals surface area contributed by atoms with E-state index in [0.29, 0.717) is 10.7 Å². The van der Waals surface area contributed by atoms with E-state index in [1.165, 1.54) is 17.0 Å². The van der Waals surface area contributed by atoms with E-state index in [1.807, 2.05) is 32.9 Å². The Morgan fingerprint density at radius 2 is 1.63 bits per heavy atom. The SMILES string of the molecule is CC[C@@H](C)NC(=O)[C@@H](C)N(Cc1cccc(Cl)c1)C(=O)CN(c1cccc(C)c1)S(=O)(=O)c1ccccc1. The zero-order valence-electron chi connectivity index (χ0n) is 22.1. The van der Waals surface area contributed by atoms with Crippen molar-refractivity contribution in [2.24, 2.45) is 0 Å². The largest absolute Gasteiger partial charge is 0.352 e. The summed E-state index contributed by atoms with van der Waals surface area (Å²) in [5.74, 6) is -0.833. The molecule has 0 aliphatic carbocycles. The van der Waals surface area contributed by atoms with Crippen molar-refractivity contribution >= 4 is 39.1 Å². The molecule has 9 heteroatoms. The van der Waals surface area contributed by atoms with Crippen LogP contribution >= 0.6 is 11.6 Å². The summed E-state index contributed by atoms with van der Waals surface area (Å²) in [7, 11) is -4.08. The Kier molecular flexibility index (Phi) is 9.94. The second-order valence-electron chi connectivity index (χ2n) is 9.31. The molecule has 0 aliphatic rings. The highest BCUT2D eigenvalue weighted by Gasteiger charge is 2.32. The van der Waals surface area contributed by atoms with Gasteiger partial charge in [0.15, 0.2) is 0 Å². The Labute approximate surface area is 230 Å². The van der Waals surface area contributed by atoms with E-state index >= 15 is 0 Å². The number of hydrogen-bond donors (Lipinski definition) is 1. The van der Waals surface area contributed by atoms with Gasteiger partial charge in [-0.25, -0.2) is 8.42 Å². The van der Waals surface area contributed by atoms with Crippen molar-refractivity contribution < 1.29 is 18.0 Å². The number of amides is 2. The molecule has 0 radical (unpaired) electrons. The maximum Gasteiger partial charge on any atom is 0.264 e. The monoisotopic (exact) mass is 555 g/mol. The molecule has 38 heavy (non-hydrogen) atoms. The van der Waals surface area contributed by atoms with Crippen molar-refractivity contribution in [1.82, 2.24) is 10.2 Å². The van der Waals surface area contributed by atoms with Crippen molar-refractivity contribution in [3.05, 3.63) is 95.0 Å². The number of nitrogens with one attached hydrogen (secondary N) is 1. The third-order valence-corrected chi connectivity index (χ3v) is 8.33. The Hall–Kier alpha value is -3.36. The number of halogens is 1. The van der Waals surface area contributed by atoms with Gasteiger partial charge in [0, 0.05) is 17.6 Å². The van der Waals surface area contributed by atoms with E-state index in [9.17, 15) is 18.0 Å². The average Bonchev–Trinajstić information content (AvgIpc) is 2.90. The van der Waals surface area contributed by atoms with E-state index < -0.39 is 28.5 Å². The Morgan fingerprint density at radius 1 is 0.947 bits per heavy atom. The molecule has 202 valence electrons. The number of sulfonamides is 1. The molecule has 3 aromatic rings. The van der Waals surface area contributed by atoms with Crippen LogP contribution in [0.1, 0.15) is 38.3 Å². The maximum absolute atomic E-state index is 13.9. The van der Waals surface area contributed by atoms with Crippen LogP contribution in [0.4, 0.5) is 5.69 Å². The smallest absolute Gasteiger partial charge is 0.264 e. The van der Waals surface area contributed by atoms with Gasteiger partial charge in [-0.3, -0.25) is 13.9 Å². The molecule has 0 unspecified atom stereocenters. The molecule has 0 spiro atoms. The minimum atomic E-state index is -4.08. The van der Waals surface area contributed by atoms with Crippen LogP contribution < -0.4 is 9.62 Å². The quantitative estimate of drug-likeness (QED) is 0.353. The molecule has 0 saturated heterocycles. The van der Waals surface area contributed by atoms with E-state index in [-0.39, 0.29) is 23.4 Å². The minimum Gasteiger partial charge on any atom is -0.352 e. The van der Waals surface area contributed by atoms with Gasteiger partial charge in [-0.2, -0.15) is 0 Å². The first-order chi connectivity index (χ1) is 18.0. The molecule has 0 aromatic heterocycles. The normalized spacial score (nSPS) is 12.9. The van der Waals surface area contributed by atoms with E-state index in [4.69, 9.17) is 11.6 Å². The van der Waals surface area contributed by atoms with Gasteiger partial charge in [-0.05, 0) is 74.7 Å². The maximum atomic E-state index is 13.9. The fourth-order valence-corrected chi connectivity index (χ4v) is 5.55. The number of carbonyl (C=O) groups excluding carboxylic acids is 2. The highest BCUT2D eigenvalue weighted by Crippen LogP contribution is 2.25. The molecule has 0 bridgehead atoms. The van der Waals surface area contributed by atoms with Gasteiger partial charge in [0.25, 0.3) is 10.0 Å². The van der Waals surface area contributed by atoms with Gasteiger partial charge >= 0.3 is 0 Å². The molecular formula is C29H34ClN3O4S. The number of carbonyl (C=O) groups is 2. The lowest BCUT2D eigenvalue weighted by atomic mass is 10.1. The number of aryl methyl sites for hydroxylation is 1. The van der Waals surface area contributed by atoms with Gasteiger partial charge < -0.3 is 10.2 Å². The van der Waals surface area contributed by atoms with Crippen molar-refractivity contribution in [2.45, 2.75) is 57.6 Å². The summed E-state index contributed by atoms with van der Waals surface area (Å²) in [4.78, 5) is 28.4. The fraction of sp³-hybridized carbons (Fsp3) is 0.310. The number of nitrogens with zero attached hydrogens (tertiary/aromatic N) is 2. The summed E-state index contributed by atoms with van der Waals surface area (Å²) in [5.41, 5.74) is 1.93. The average molecular weight is 556 g/mol. The lowest BCUT2D eigenvalue weighted by Gasteiger charge is -2.32. The van der Waals surface area contributed by atoms with Crippen LogP contribution in [0.5, 0.6) is 0 Å². The van der Waals surface area contributed by atoms with Crippen molar-refractivity contribution in [3.8, 4) is 0 Å². The van der Waals surface area contributed by atoms with Crippen LogP contribution in [0.25, 0.3) is 0 Å². The number of rotatable bonds is 11. The summed E-state index contributed by atoms with van der Waals surface area (Å²) in [6.45, 7) is 6.94. The van der Waals surface area contributed by atoms with E-state index in [2.05, 4.69) is 5.32 Å². The molecule has 3 rings (SSSR count). The van der Waals surface area contributed by atoms with Gasteiger partial charge in [-0.15, -0.1) is 0 Å². The van der Waals surface area contributed by atoms with Crippen molar-refractivity contribution in [1.29, 1.82) is 0 Å². The summed E-state index contributed by atoms with van der Waals surface area (Å²) >= 11 is 6.17. The minimum absolute atomic E-state index is 0.0678. The fourth-order valence-electron chi connectivity index (χ4n) is 3.91. The second kappa shape index (κ2) is 12.9. The summed E-state index contributed by atoms with van der Waals surface area (Å²) in [6, 6.07) is 21.1. The number of anilines is 1. The zero-order valence-corrected chi connectivity index (χ0v) is 23.7. The Morgan fingerprint density at radius 3 is 2.26 bits per heavy atom. The first-order valence-electron chi connectivity index (χ1n) is 12.5. The van der Waals surface area contributed by atoms with Crippen molar-refractivity contribution in [2.75, 3.05) is 10.8 Å². The standard InChI is InChI=1S/C29H34ClN3O4S/c1-5-22(3)31-29(35)23(4)32(19-24-12-10-13-25(30)18-24)28(34)20-33(26-14-9-11-21(2)17-26)38(36,37)27-15-7-6-8-16-27/h6-18,22-23H,5,19-20H2,1-4H3,(H,31,35)/t22-,23-/m1/s1. The predicted molar refractivity (Wildman–Crippen MR) is 152 cm³/mol. The molecule has 2 amide bonds. The lowest BCUT2D eigenvalue weighted by Crippen LogP contribution is -2.52. The molecule has 0 heterocycles. The van der Waals surface area contributed by atoms with Crippen LogP contribution in [0.15, 0.2) is 83.8 Å². The van der Waals surface area contributed by atoms with Crippen LogP contribution in [0.2, 0.25) is 5.02 Å². The molecule has 0 fully saturated rings. The molecule has 7 nitrogen and oxygen atoms in total. The van der Waals surface area contributed by atoms with Gasteiger partial charge in [0.2, 0.25) is 11.8 Å². The van der Waals surface area contributed by atoms with Crippen LogP contribution in [-0.2, 0) is 26.2 Å². The third kappa shape index (κ3) is 7.36. The Balaban J connectivity index is 2.02. The molecule has 3 aromatic carbocycles. The topological polar surface area (TPSA) is 86.8 Å². The number of hydrogen-bond acceptors (Lipinski definition) is 4. The van der Waals surface area contributed by atoms with Gasteiger partial charge in [0.05, 0.1) is 10.6 Å². The molecule has 2 atom stereocenters. The summed E-state index contributed by atoms with van der Waals surface area (Å²) in [5, 5.41) is 3.42. The molecule has 0 saturated carbocycles. The molecule has 1 N–H and O–H groups in total.